The molecule has 0 bridgehead atoms. The lowest BCUT2D eigenvalue weighted by Gasteiger charge is -2.14. The molecule has 0 fully saturated rings. The highest BCUT2D eigenvalue weighted by molar-refractivity contribution is 6.30. The molecule has 0 amide bonds. The number of rotatable bonds is 4. The molecule has 0 aliphatic carbocycles. The molecular weight excluding hydrogens is 255 g/mol. The van der Waals surface area contributed by atoms with Crippen molar-refractivity contribution in [2.24, 2.45) is 5.84 Å². The minimum absolute atomic E-state index is 0.324. The molecule has 0 spiro atoms. The molecule has 1 aromatic carbocycles. The summed E-state index contributed by atoms with van der Waals surface area (Å²) < 4.78 is 13.6. The number of aromatic nitrogens is 2. The standard InChI is InChI=1S/C12H12ClFN4/c13-9-2-3-10(14)8(6-9)7-11(18-15)12-16-4-1-5-17-12/h1-6,11,18H,7,15H2. The van der Waals surface area contributed by atoms with E-state index in [1.165, 1.54) is 12.1 Å². The monoisotopic (exact) mass is 266 g/mol. The Morgan fingerprint density at radius 1 is 1.33 bits per heavy atom. The molecule has 1 heterocycles. The first-order valence-corrected chi connectivity index (χ1v) is 5.75. The molecule has 2 aromatic rings. The van der Waals surface area contributed by atoms with E-state index in [4.69, 9.17) is 17.4 Å². The van der Waals surface area contributed by atoms with Gasteiger partial charge in [0.15, 0.2) is 0 Å². The van der Waals surface area contributed by atoms with Gasteiger partial charge in [-0.25, -0.2) is 19.8 Å². The van der Waals surface area contributed by atoms with Crippen LogP contribution in [0.15, 0.2) is 36.7 Å². The van der Waals surface area contributed by atoms with Gasteiger partial charge in [-0.3, -0.25) is 5.84 Å². The number of nitrogens with two attached hydrogens (primary N) is 1. The van der Waals surface area contributed by atoms with Crippen molar-refractivity contribution in [1.82, 2.24) is 15.4 Å². The summed E-state index contributed by atoms with van der Waals surface area (Å²) in [5, 5.41) is 0.483. The summed E-state index contributed by atoms with van der Waals surface area (Å²) in [6, 6.07) is 5.75. The molecule has 0 saturated carbocycles. The molecule has 1 unspecified atom stereocenters. The topological polar surface area (TPSA) is 63.8 Å². The highest BCUT2D eigenvalue weighted by atomic mass is 35.5. The number of nitrogens with one attached hydrogen (secondary N) is 1. The fourth-order valence-electron chi connectivity index (χ4n) is 1.63. The molecule has 18 heavy (non-hydrogen) atoms. The first kappa shape index (κ1) is 12.9. The van der Waals surface area contributed by atoms with E-state index in [1.807, 2.05) is 0 Å². The number of benzene rings is 1. The maximum Gasteiger partial charge on any atom is 0.146 e. The third-order valence-corrected chi connectivity index (χ3v) is 2.77. The van der Waals surface area contributed by atoms with Crippen molar-refractivity contribution in [3.05, 3.63) is 58.9 Å². The van der Waals surface area contributed by atoms with Crippen LogP contribution in [0.5, 0.6) is 0 Å². The van der Waals surface area contributed by atoms with Crippen LogP contribution in [-0.4, -0.2) is 9.97 Å². The average Bonchev–Trinajstić information content (AvgIpc) is 2.41. The molecule has 0 aliphatic rings. The summed E-state index contributed by atoms with van der Waals surface area (Å²) >= 11 is 5.84. The van der Waals surface area contributed by atoms with Gasteiger partial charge in [0, 0.05) is 17.4 Å². The molecule has 0 radical (unpaired) electrons. The Kier molecular flexibility index (Phi) is 4.19. The lowest BCUT2D eigenvalue weighted by atomic mass is 10.1. The van der Waals surface area contributed by atoms with Crippen molar-refractivity contribution >= 4 is 11.6 Å². The van der Waals surface area contributed by atoms with Crippen molar-refractivity contribution < 1.29 is 4.39 Å². The van der Waals surface area contributed by atoms with Crippen LogP contribution < -0.4 is 11.3 Å². The van der Waals surface area contributed by atoms with E-state index in [0.29, 0.717) is 22.8 Å². The number of hydrogen-bond donors (Lipinski definition) is 2. The second-order valence-electron chi connectivity index (χ2n) is 3.77. The fraction of sp³-hybridized carbons (Fsp3) is 0.167. The van der Waals surface area contributed by atoms with Gasteiger partial charge in [0.1, 0.15) is 11.6 Å². The Morgan fingerprint density at radius 3 is 2.72 bits per heavy atom. The van der Waals surface area contributed by atoms with Crippen LogP contribution in [-0.2, 0) is 6.42 Å². The highest BCUT2D eigenvalue weighted by Gasteiger charge is 2.15. The Bertz CT molecular complexity index is 521. The van der Waals surface area contributed by atoms with Crippen molar-refractivity contribution in [3.63, 3.8) is 0 Å². The summed E-state index contributed by atoms with van der Waals surface area (Å²) in [4.78, 5) is 8.18. The van der Waals surface area contributed by atoms with E-state index in [-0.39, 0.29) is 11.9 Å². The predicted molar refractivity (Wildman–Crippen MR) is 67.2 cm³/mol. The second-order valence-corrected chi connectivity index (χ2v) is 4.20. The smallest absolute Gasteiger partial charge is 0.146 e. The van der Waals surface area contributed by atoms with Gasteiger partial charge in [-0.15, -0.1) is 0 Å². The van der Waals surface area contributed by atoms with Crippen LogP contribution in [0.2, 0.25) is 5.02 Å². The van der Waals surface area contributed by atoms with Gasteiger partial charge < -0.3 is 0 Å². The van der Waals surface area contributed by atoms with Gasteiger partial charge in [0.25, 0.3) is 0 Å². The van der Waals surface area contributed by atoms with Gasteiger partial charge in [-0.05, 0) is 36.2 Å². The Morgan fingerprint density at radius 2 is 2.06 bits per heavy atom. The molecule has 4 nitrogen and oxygen atoms in total. The predicted octanol–water partition coefficient (Wildman–Crippen LogP) is 2.02. The highest BCUT2D eigenvalue weighted by Crippen LogP contribution is 2.20. The quantitative estimate of drug-likeness (QED) is 0.656. The summed E-state index contributed by atoms with van der Waals surface area (Å²) in [6.45, 7) is 0. The van der Waals surface area contributed by atoms with Gasteiger partial charge in [0.05, 0.1) is 6.04 Å². The molecule has 3 N–H and O–H groups in total. The molecule has 0 saturated heterocycles. The minimum atomic E-state index is -0.362. The lowest BCUT2D eigenvalue weighted by Crippen LogP contribution is -2.31. The van der Waals surface area contributed by atoms with E-state index in [1.54, 1.807) is 24.5 Å². The van der Waals surface area contributed by atoms with Crippen LogP contribution in [0.3, 0.4) is 0 Å². The first-order chi connectivity index (χ1) is 8.70. The number of halogens is 2. The van der Waals surface area contributed by atoms with Gasteiger partial charge in [-0.1, -0.05) is 11.6 Å². The maximum atomic E-state index is 13.6. The Hall–Kier alpha value is -1.56. The number of hydrogen-bond acceptors (Lipinski definition) is 4. The second kappa shape index (κ2) is 5.86. The minimum Gasteiger partial charge on any atom is -0.271 e. The van der Waals surface area contributed by atoms with E-state index in [9.17, 15) is 4.39 Å². The molecule has 2 rings (SSSR count). The van der Waals surface area contributed by atoms with E-state index in [0.717, 1.165) is 0 Å². The number of nitrogens with zero attached hydrogens (tertiary/aromatic N) is 2. The molecule has 6 heteroatoms. The van der Waals surface area contributed by atoms with Crippen molar-refractivity contribution in [2.75, 3.05) is 0 Å². The zero-order valence-electron chi connectivity index (χ0n) is 9.48. The van der Waals surface area contributed by atoms with E-state index in [2.05, 4.69) is 15.4 Å². The molecular formula is C12H12ClFN4. The average molecular weight is 267 g/mol. The molecule has 94 valence electrons. The van der Waals surface area contributed by atoms with Crippen LogP contribution in [0.4, 0.5) is 4.39 Å². The summed E-state index contributed by atoms with van der Waals surface area (Å²) in [5.74, 6) is 5.65. The zero-order chi connectivity index (χ0) is 13.0. The summed E-state index contributed by atoms with van der Waals surface area (Å²) in [7, 11) is 0. The van der Waals surface area contributed by atoms with Crippen molar-refractivity contribution in [3.8, 4) is 0 Å². The molecule has 1 aromatic heterocycles. The first-order valence-electron chi connectivity index (χ1n) is 5.37. The van der Waals surface area contributed by atoms with Gasteiger partial charge >= 0.3 is 0 Å². The van der Waals surface area contributed by atoms with Crippen LogP contribution in [0.25, 0.3) is 0 Å². The largest absolute Gasteiger partial charge is 0.271 e. The normalized spacial score (nSPS) is 12.4. The van der Waals surface area contributed by atoms with E-state index < -0.39 is 0 Å². The third kappa shape index (κ3) is 3.01. The zero-order valence-corrected chi connectivity index (χ0v) is 10.2. The fourth-order valence-corrected chi connectivity index (χ4v) is 1.83. The van der Waals surface area contributed by atoms with Crippen molar-refractivity contribution in [2.45, 2.75) is 12.5 Å². The maximum absolute atomic E-state index is 13.6. The third-order valence-electron chi connectivity index (χ3n) is 2.53. The van der Waals surface area contributed by atoms with Crippen LogP contribution in [0, 0.1) is 5.82 Å². The van der Waals surface area contributed by atoms with Crippen molar-refractivity contribution in [1.29, 1.82) is 0 Å². The van der Waals surface area contributed by atoms with Gasteiger partial charge in [0.2, 0.25) is 0 Å². The summed E-state index contributed by atoms with van der Waals surface area (Å²) in [6.07, 6.45) is 3.55. The molecule has 1 atom stereocenters. The lowest BCUT2D eigenvalue weighted by molar-refractivity contribution is 0.506. The summed E-state index contributed by atoms with van der Waals surface area (Å²) in [5.41, 5.74) is 3.05. The van der Waals surface area contributed by atoms with Gasteiger partial charge in [-0.2, -0.15) is 0 Å². The molecule has 0 aliphatic heterocycles. The SMILES string of the molecule is NNC(Cc1cc(Cl)ccc1F)c1ncccn1. The van der Waals surface area contributed by atoms with E-state index >= 15 is 0 Å². The Labute approximate surface area is 109 Å². The van der Waals surface area contributed by atoms with Crippen LogP contribution in [0.1, 0.15) is 17.4 Å². The Balaban J connectivity index is 2.23. The van der Waals surface area contributed by atoms with Crippen LogP contribution >= 0.6 is 11.6 Å². The number of hydrazine groups is 1.